The van der Waals surface area contributed by atoms with E-state index >= 15 is 0 Å². The number of rotatable bonds is 6. The molecule has 8 nitrogen and oxygen atoms in total. The summed E-state index contributed by atoms with van der Waals surface area (Å²) in [5, 5.41) is 5.87. The van der Waals surface area contributed by atoms with Gasteiger partial charge in [-0.15, -0.1) is 0 Å². The lowest BCUT2D eigenvalue weighted by Gasteiger charge is -2.42. The quantitative estimate of drug-likeness (QED) is 0.684. The maximum Gasteiger partial charge on any atom is 0.257 e. The van der Waals surface area contributed by atoms with Crippen LogP contribution in [-0.4, -0.2) is 61.1 Å². The molecule has 1 saturated heterocycles. The Bertz CT molecular complexity index is 883. The van der Waals surface area contributed by atoms with E-state index in [9.17, 15) is 14.4 Å². The zero-order chi connectivity index (χ0) is 23.4. The van der Waals surface area contributed by atoms with Crippen molar-refractivity contribution in [3.63, 3.8) is 0 Å². The normalized spacial score (nSPS) is 25.3. The van der Waals surface area contributed by atoms with Crippen LogP contribution in [0.5, 0.6) is 5.75 Å². The van der Waals surface area contributed by atoms with E-state index in [2.05, 4.69) is 10.6 Å². The molecule has 3 atom stereocenters. The third-order valence-electron chi connectivity index (χ3n) is 6.99. The van der Waals surface area contributed by atoms with Crippen LogP contribution < -0.4 is 15.4 Å². The van der Waals surface area contributed by atoms with Gasteiger partial charge in [0.25, 0.3) is 5.91 Å². The van der Waals surface area contributed by atoms with Gasteiger partial charge in [0.15, 0.2) is 0 Å². The lowest BCUT2D eigenvalue weighted by atomic mass is 9.94. The lowest BCUT2D eigenvalue weighted by molar-refractivity contribution is -0.134. The van der Waals surface area contributed by atoms with Crippen LogP contribution in [0.2, 0.25) is 0 Å². The topological polar surface area (TPSA) is 97.0 Å². The van der Waals surface area contributed by atoms with Crippen molar-refractivity contribution < 1.29 is 23.9 Å². The van der Waals surface area contributed by atoms with Crippen molar-refractivity contribution in [3.8, 4) is 5.75 Å². The Morgan fingerprint density at radius 1 is 1.15 bits per heavy atom. The third kappa shape index (κ3) is 5.49. The molecule has 8 heteroatoms. The van der Waals surface area contributed by atoms with Gasteiger partial charge in [-0.05, 0) is 50.3 Å². The molecule has 4 rings (SSSR count). The molecule has 1 aromatic carbocycles. The molecule has 3 aliphatic rings. The van der Waals surface area contributed by atoms with E-state index in [1.165, 1.54) is 0 Å². The van der Waals surface area contributed by atoms with E-state index in [-0.39, 0.29) is 41.9 Å². The number of amides is 3. The number of benzene rings is 1. The fraction of sp³-hybridized carbons (Fsp3) is 0.640. The molecule has 1 saturated carbocycles. The Hall–Kier alpha value is -2.61. The molecule has 1 aromatic rings. The highest BCUT2D eigenvalue weighted by Gasteiger charge is 2.39. The number of ether oxygens (including phenoxy) is 2. The number of likely N-dealkylation sites (N-methyl/N-ethyl adjacent to an activating group) is 1. The second-order valence-electron chi connectivity index (χ2n) is 9.40. The van der Waals surface area contributed by atoms with Gasteiger partial charge in [-0.1, -0.05) is 19.8 Å². The van der Waals surface area contributed by atoms with E-state index in [0.717, 1.165) is 38.5 Å². The van der Waals surface area contributed by atoms with Gasteiger partial charge in [-0.3, -0.25) is 14.4 Å². The van der Waals surface area contributed by atoms with Crippen LogP contribution in [0.15, 0.2) is 18.2 Å². The Labute approximate surface area is 195 Å². The molecule has 180 valence electrons. The smallest absolute Gasteiger partial charge is 0.257 e. The lowest BCUT2D eigenvalue weighted by Crippen LogP contribution is -2.54. The second kappa shape index (κ2) is 10.5. The van der Waals surface area contributed by atoms with Gasteiger partial charge >= 0.3 is 0 Å². The number of nitrogens with one attached hydrogen (secondary N) is 2. The molecule has 0 unspecified atom stereocenters. The molecule has 33 heavy (non-hydrogen) atoms. The largest absolute Gasteiger partial charge is 0.490 e. The minimum absolute atomic E-state index is 0.00554. The average molecular weight is 458 g/mol. The number of hydrogen-bond acceptors (Lipinski definition) is 5. The Kier molecular flexibility index (Phi) is 7.53. The molecule has 0 radical (unpaired) electrons. The Morgan fingerprint density at radius 3 is 2.70 bits per heavy atom. The minimum Gasteiger partial charge on any atom is -0.490 e. The summed E-state index contributed by atoms with van der Waals surface area (Å²) in [4.78, 5) is 39.7. The van der Waals surface area contributed by atoms with Crippen LogP contribution in [0.3, 0.4) is 0 Å². The van der Waals surface area contributed by atoms with Crippen LogP contribution in [0, 0.1) is 5.92 Å². The molecular weight excluding hydrogens is 422 g/mol. The van der Waals surface area contributed by atoms with Crippen molar-refractivity contribution in [1.29, 1.82) is 0 Å². The first-order chi connectivity index (χ1) is 16.0. The zero-order valence-corrected chi connectivity index (χ0v) is 19.6. The summed E-state index contributed by atoms with van der Waals surface area (Å²) < 4.78 is 12.2. The standard InChI is InChI=1S/C25H35N3O5/c1-3-12-26-23(29)14-18-9-10-20-22(33-18)15-32-21-11-8-17(13-19(21)25(31)28(20)2)27-24(30)16-6-4-5-7-16/h8,11,13,16,18,20,22H,3-7,9-10,12,14-15H2,1-2H3,(H,26,29)(H,27,30)/t18-,20-,22-/m0/s1. The predicted octanol–water partition coefficient (Wildman–Crippen LogP) is 3.11. The van der Waals surface area contributed by atoms with Crippen LogP contribution >= 0.6 is 0 Å². The maximum absolute atomic E-state index is 13.3. The predicted molar refractivity (Wildman–Crippen MR) is 124 cm³/mol. The Morgan fingerprint density at radius 2 is 1.94 bits per heavy atom. The fourth-order valence-electron chi connectivity index (χ4n) is 5.08. The summed E-state index contributed by atoms with van der Waals surface area (Å²) in [5.74, 6) is 0.401. The van der Waals surface area contributed by atoms with Crippen LogP contribution in [0.1, 0.15) is 68.6 Å². The van der Waals surface area contributed by atoms with E-state index < -0.39 is 0 Å². The highest BCUT2D eigenvalue weighted by molar-refractivity contribution is 6.00. The third-order valence-corrected chi connectivity index (χ3v) is 6.99. The first-order valence-electron chi connectivity index (χ1n) is 12.2. The fourth-order valence-corrected chi connectivity index (χ4v) is 5.08. The SMILES string of the molecule is CCCNC(=O)C[C@@H]1CC[C@H]2[C@H](COc3ccc(NC(=O)C4CCCC4)cc3C(=O)N2C)O1. The monoisotopic (exact) mass is 457 g/mol. The molecule has 2 fully saturated rings. The molecule has 1 aliphatic carbocycles. The molecule has 2 N–H and O–H groups in total. The summed E-state index contributed by atoms with van der Waals surface area (Å²) in [5.41, 5.74) is 1.06. The molecule has 0 spiro atoms. The number of carbonyl (C=O) groups excluding carboxylic acids is 3. The number of anilines is 1. The van der Waals surface area contributed by atoms with E-state index in [0.29, 0.717) is 43.0 Å². The van der Waals surface area contributed by atoms with Gasteiger partial charge in [0.1, 0.15) is 18.5 Å². The van der Waals surface area contributed by atoms with Crippen LogP contribution in [0.4, 0.5) is 5.69 Å². The highest BCUT2D eigenvalue weighted by atomic mass is 16.5. The van der Waals surface area contributed by atoms with Crippen molar-refractivity contribution in [2.24, 2.45) is 5.92 Å². The summed E-state index contributed by atoms with van der Waals surface area (Å²) in [6.07, 6.45) is 6.22. The van der Waals surface area contributed by atoms with Crippen molar-refractivity contribution in [2.45, 2.75) is 76.5 Å². The molecule has 2 heterocycles. The first-order valence-corrected chi connectivity index (χ1v) is 12.2. The zero-order valence-electron chi connectivity index (χ0n) is 19.6. The highest BCUT2D eigenvalue weighted by Crippen LogP contribution is 2.33. The van der Waals surface area contributed by atoms with Gasteiger partial charge in [-0.25, -0.2) is 0 Å². The minimum atomic E-state index is -0.299. The van der Waals surface area contributed by atoms with E-state index in [1.807, 2.05) is 6.92 Å². The maximum atomic E-state index is 13.3. The van der Waals surface area contributed by atoms with Crippen molar-refractivity contribution in [1.82, 2.24) is 10.2 Å². The van der Waals surface area contributed by atoms with Gasteiger partial charge in [0.2, 0.25) is 11.8 Å². The van der Waals surface area contributed by atoms with Gasteiger partial charge < -0.3 is 25.0 Å². The number of hydrogen-bond donors (Lipinski definition) is 2. The van der Waals surface area contributed by atoms with Crippen LogP contribution in [-0.2, 0) is 14.3 Å². The van der Waals surface area contributed by atoms with E-state index in [1.54, 1.807) is 30.1 Å². The van der Waals surface area contributed by atoms with Gasteiger partial charge in [0.05, 0.1) is 24.1 Å². The summed E-state index contributed by atoms with van der Waals surface area (Å²) >= 11 is 0. The molecule has 2 aliphatic heterocycles. The second-order valence-corrected chi connectivity index (χ2v) is 9.40. The van der Waals surface area contributed by atoms with Gasteiger partial charge in [0, 0.05) is 25.2 Å². The molecule has 0 aromatic heterocycles. The van der Waals surface area contributed by atoms with E-state index in [4.69, 9.17) is 9.47 Å². The number of fused-ring (bicyclic) bond motifs is 2. The number of nitrogens with zero attached hydrogens (tertiary/aromatic N) is 1. The molecule has 3 amide bonds. The van der Waals surface area contributed by atoms with Crippen molar-refractivity contribution >= 4 is 23.4 Å². The summed E-state index contributed by atoms with van der Waals surface area (Å²) in [7, 11) is 1.79. The summed E-state index contributed by atoms with van der Waals surface area (Å²) in [6.45, 7) is 2.99. The van der Waals surface area contributed by atoms with Gasteiger partial charge in [-0.2, -0.15) is 0 Å². The summed E-state index contributed by atoms with van der Waals surface area (Å²) in [6, 6.07) is 5.11. The molecule has 0 bridgehead atoms. The van der Waals surface area contributed by atoms with Crippen molar-refractivity contribution in [3.05, 3.63) is 23.8 Å². The molecular formula is C25H35N3O5. The Balaban J connectivity index is 1.44. The van der Waals surface area contributed by atoms with Crippen molar-refractivity contribution in [2.75, 3.05) is 25.5 Å². The first kappa shape index (κ1) is 23.5. The van der Waals surface area contributed by atoms with Crippen LogP contribution in [0.25, 0.3) is 0 Å². The average Bonchev–Trinajstić information content (AvgIpc) is 3.36. The number of carbonyl (C=O) groups is 3.